The molecule has 3 atom stereocenters. The second kappa shape index (κ2) is 6.34. The fourth-order valence-corrected chi connectivity index (χ4v) is 4.82. The fraction of sp³-hybridized carbons (Fsp3) is 0.273. The summed E-state index contributed by atoms with van der Waals surface area (Å²) < 4.78 is 2.92. The SMILES string of the molecule is Cn1ncc(C(=O)NC2C3Cc4ccc(Br)cc4C32)c1Cc1ccccc1. The average Bonchev–Trinajstić information content (AvgIpc) is 2.99. The number of hydrogen-bond donors (Lipinski definition) is 1. The van der Waals surface area contributed by atoms with E-state index in [4.69, 9.17) is 0 Å². The average molecular weight is 422 g/mol. The van der Waals surface area contributed by atoms with E-state index in [1.165, 1.54) is 16.7 Å². The molecule has 0 saturated heterocycles. The Kier molecular flexibility index (Phi) is 3.93. The van der Waals surface area contributed by atoms with Crippen molar-refractivity contribution in [2.24, 2.45) is 13.0 Å². The van der Waals surface area contributed by atoms with Gasteiger partial charge in [-0.3, -0.25) is 9.48 Å². The van der Waals surface area contributed by atoms with E-state index in [0.717, 1.165) is 16.6 Å². The first-order valence-corrected chi connectivity index (χ1v) is 10.0. The lowest BCUT2D eigenvalue weighted by molar-refractivity contribution is 0.0947. The van der Waals surface area contributed by atoms with Crippen molar-refractivity contribution in [2.75, 3.05) is 0 Å². The minimum absolute atomic E-state index is 0.00928. The predicted molar refractivity (Wildman–Crippen MR) is 108 cm³/mol. The molecule has 0 aliphatic heterocycles. The number of fused-ring (bicyclic) bond motifs is 3. The summed E-state index contributed by atoms with van der Waals surface area (Å²) in [6.07, 6.45) is 3.45. The van der Waals surface area contributed by atoms with E-state index >= 15 is 0 Å². The molecule has 0 bridgehead atoms. The van der Waals surface area contributed by atoms with Crippen LogP contribution in [-0.4, -0.2) is 21.7 Å². The molecule has 3 unspecified atom stereocenters. The first kappa shape index (κ1) is 16.8. The fourth-order valence-electron chi connectivity index (χ4n) is 4.45. The highest BCUT2D eigenvalue weighted by Crippen LogP contribution is 2.56. The summed E-state index contributed by atoms with van der Waals surface area (Å²) in [7, 11) is 1.90. The largest absolute Gasteiger partial charge is 0.348 e. The van der Waals surface area contributed by atoms with E-state index in [-0.39, 0.29) is 11.9 Å². The van der Waals surface area contributed by atoms with Crippen molar-refractivity contribution < 1.29 is 4.79 Å². The van der Waals surface area contributed by atoms with Crippen molar-refractivity contribution in [3.63, 3.8) is 0 Å². The Morgan fingerprint density at radius 3 is 2.89 bits per heavy atom. The summed E-state index contributed by atoms with van der Waals surface area (Å²) in [5, 5.41) is 7.60. The summed E-state index contributed by atoms with van der Waals surface area (Å²) in [6.45, 7) is 0. The maximum atomic E-state index is 13.0. The van der Waals surface area contributed by atoms with Crippen molar-refractivity contribution in [1.29, 1.82) is 0 Å². The molecule has 4 nitrogen and oxygen atoms in total. The predicted octanol–water partition coefficient (Wildman–Crippen LogP) is 3.84. The number of carbonyl (C=O) groups excluding carboxylic acids is 1. The highest BCUT2D eigenvalue weighted by atomic mass is 79.9. The molecule has 0 spiro atoms. The van der Waals surface area contributed by atoms with Crippen LogP contribution in [0.5, 0.6) is 0 Å². The molecule has 2 aliphatic carbocycles. The van der Waals surface area contributed by atoms with Gasteiger partial charge in [0.15, 0.2) is 0 Å². The Balaban J connectivity index is 1.34. The van der Waals surface area contributed by atoms with Gasteiger partial charge in [0, 0.05) is 29.9 Å². The number of aromatic nitrogens is 2. The van der Waals surface area contributed by atoms with Crippen LogP contribution in [0.2, 0.25) is 0 Å². The number of hydrogen-bond acceptors (Lipinski definition) is 2. The number of rotatable bonds is 4. The van der Waals surface area contributed by atoms with Crippen molar-refractivity contribution >= 4 is 21.8 Å². The normalized spacial score (nSPS) is 22.2. The molecule has 1 N–H and O–H groups in total. The molecule has 136 valence electrons. The van der Waals surface area contributed by atoms with Gasteiger partial charge in [0.25, 0.3) is 5.91 Å². The van der Waals surface area contributed by atoms with Gasteiger partial charge in [0.05, 0.1) is 17.5 Å². The molecular formula is C22H20BrN3O. The third kappa shape index (κ3) is 2.90. The van der Waals surface area contributed by atoms with E-state index < -0.39 is 0 Å². The maximum Gasteiger partial charge on any atom is 0.255 e. The van der Waals surface area contributed by atoms with Gasteiger partial charge in [-0.2, -0.15) is 5.10 Å². The van der Waals surface area contributed by atoms with Gasteiger partial charge >= 0.3 is 0 Å². The molecule has 5 heteroatoms. The van der Waals surface area contributed by atoms with Crippen molar-refractivity contribution in [3.05, 3.63) is 87.1 Å². The molecule has 2 aliphatic rings. The molecular weight excluding hydrogens is 402 g/mol. The van der Waals surface area contributed by atoms with Gasteiger partial charge in [-0.1, -0.05) is 52.3 Å². The first-order valence-electron chi connectivity index (χ1n) is 9.26. The second-order valence-electron chi connectivity index (χ2n) is 7.53. The summed E-state index contributed by atoms with van der Waals surface area (Å²) in [4.78, 5) is 13.0. The third-order valence-corrected chi connectivity index (χ3v) is 6.40. The molecule has 1 saturated carbocycles. The number of carbonyl (C=O) groups is 1. The van der Waals surface area contributed by atoms with Gasteiger partial charge in [0.1, 0.15) is 0 Å². The summed E-state index contributed by atoms with van der Waals surface area (Å²) in [6, 6.07) is 16.9. The van der Waals surface area contributed by atoms with Crippen LogP contribution in [0.15, 0.2) is 59.2 Å². The van der Waals surface area contributed by atoms with Crippen molar-refractivity contribution in [3.8, 4) is 0 Å². The van der Waals surface area contributed by atoms with Crippen LogP contribution in [0, 0.1) is 5.92 Å². The van der Waals surface area contributed by atoms with Crippen molar-refractivity contribution in [1.82, 2.24) is 15.1 Å². The molecule has 0 radical (unpaired) electrons. The van der Waals surface area contributed by atoms with Gasteiger partial charge in [0.2, 0.25) is 0 Å². The Morgan fingerprint density at radius 2 is 2.07 bits per heavy atom. The zero-order valence-electron chi connectivity index (χ0n) is 15.0. The topological polar surface area (TPSA) is 46.9 Å². The van der Waals surface area contributed by atoms with Crippen LogP contribution in [0.3, 0.4) is 0 Å². The number of nitrogens with one attached hydrogen (secondary N) is 1. The molecule has 1 aromatic heterocycles. The van der Waals surface area contributed by atoms with E-state index in [2.05, 4.69) is 56.7 Å². The lowest BCUT2D eigenvalue weighted by Gasteiger charge is -2.11. The quantitative estimate of drug-likeness (QED) is 0.695. The monoisotopic (exact) mass is 421 g/mol. The number of halogens is 1. The van der Waals surface area contributed by atoms with E-state index in [9.17, 15) is 4.79 Å². The molecule has 3 aromatic rings. The number of amides is 1. The minimum Gasteiger partial charge on any atom is -0.348 e. The Labute approximate surface area is 166 Å². The standard InChI is InChI=1S/C22H20BrN3O/c1-26-19(9-13-5-3-2-4-6-13)18(12-24-26)22(27)25-21-17-10-14-7-8-15(23)11-16(14)20(17)21/h2-8,11-12,17,20-21H,9-10H2,1H3,(H,25,27). The second-order valence-corrected chi connectivity index (χ2v) is 8.44. The molecule has 2 aromatic carbocycles. The summed E-state index contributed by atoms with van der Waals surface area (Å²) >= 11 is 3.56. The Bertz CT molecular complexity index is 1030. The van der Waals surface area contributed by atoms with Crippen LogP contribution in [0.25, 0.3) is 0 Å². The lowest BCUT2D eigenvalue weighted by atomic mass is 10.0. The van der Waals surface area contributed by atoms with Gasteiger partial charge < -0.3 is 5.32 Å². The Hall–Kier alpha value is -2.40. The minimum atomic E-state index is -0.00928. The van der Waals surface area contributed by atoms with Crippen LogP contribution in [-0.2, 0) is 19.9 Å². The van der Waals surface area contributed by atoms with Crippen LogP contribution >= 0.6 is 15.9 Å². The highest BCUT2D eigenvalue weighted by molar-refractivity contribution is 9.10. The van der Waals surface area contributed by atoms with Crippen LogP contribution < -0.4 is 5.32 Å². The molecule has 1 amide bonds. The van der Waals surface area contributed by atoms with Gasteiger partial charge in [-0.25, -0.2) is 0 Å². The summed E-state index contributed by atoms with van der Waals surface area (Å²) in [5.41, 5.74) is 5.62. The summed E-state index contributed by atoms with van der Waals surface area (Å²) in [5.74, 6) is 0.980. The molecule has 5 rings (SSSR count). The van der Waals surface area contributed by atoms with E-state index in [1.807, 2.05) is 29.9 Å². The Morgan fingerprint density at radius 1 is 1.26 bits per heavy atom. The zero-order valence-corrected chi connectivity index (χ0v) is 16.6. The van der Waals surface area contributed by atoms with Gasteiger partial charge in [-0.05, 0) is 41.2 Å². The third-order valence-electron chi connectivity index (χ3n) is 5.91. The number of nitrogens with zero attached hydrogens (tertiary/aromatic N) is 2. The van der Waals surface area contributed by atoms with Gasteiger partial charge in [-0.15, -0.1) is 0 Å². The molecule has 27 heavy (non-hydrogen) atoms. The zero-order chi connectivity index (χ0) is 18.5. The smallest absolute Gasteiger partial charge is 0.255 e. The number of benzene rings is 2. The lowest BCUT2D eigenvalue weighted by Crippen LogP contribution is -2.29. The molecule has 1 fully saturated rings. The maximum absolute atomic E-state index is 13.0. The highest BCUT2D eigenvalue weighted by Gasteiger charge is 2.56. The van der Waals surface area contributed by atoms with E-state index in [1.54, 1.807) is 6.20 Å². The van der Waals surface area contributed by atoms with Crippen molar-refractivity contribution in [2.45, 2.75) is 24.8 Å². The van der Waals surface area contributed by atoms with Crippen LogP contribution in [0.4, 0.5) is 0 Å². The molecule has 1 heterocycles. The first-order chi connectivity index (χ1) is 13.1. The number of aryl methyl sites for hydroxylation is 1. The van der Waals surface area contributed by atoms with E-state index in [0.29, 0.717) is 23.8 Å². The van der Waals surface area contributed by atoms with Crippen LogP contribution in [0.1, 0.15) is 38.7 Å².